The molecule has 0 radical (unpaired) electrons. The molecule has 0 heterocycles. The SMILES string of the molecule is CCCC(=O)Oc1ccc(CC(C(=O)OCC)[N+](=O)[O-])cc1. The molecule has 0 fully saturated rings. The molecule has 0 saturated carbocycles. The van der Waals surface area contributed by atoms with Crippen molar-refractivity contribution in [2.75, 3.05) is 6.61 Å². The Balaban J connectivity index is 2.71. The summed E-state index contributed by atoms with van der Waals surface area (Å²) < 4.78 is 9.77. The van der Waals surface area contributed by atoms with Gasteiger partial charge in [-0.2, -0.15) is 0 Å². The van der Waals surface area contributed by atoms with Crippen LogP contribution in [0.4, 0.5) is 0 Å². The third kappa shape index (κ3) is 5.51. The zero-order chi connectivity index (χ0) is 16.5. The Morgan fingerprint density at radius 1 is 1.23 bits per heavy atom. The zero-order valence-corrected chi connectivity index (χ0v) is 12.6. The third-order valence-corrected chi connectivity index (χ3v) is 2.85. The number of rotatable bonds is 8. The lowest BCUT2D eigenvalue weighted by Gasteiger charge is -2.09. The van der Waals surface area contributed by atoms with Crippen molar-refractivity contribution in [3.63, 3.8) is 0 Å². The number of hydrogen-bond donors (Lipinski definition) is 0. The Morgan fingerprint density at radius 3 is 2.36 bits per heavy atom. The van der Waals surface area contributed by atoms with Crippen LogP contribution in [0, 0.1) is 10.1 Å². The quantitative estimate of drug-likeness (QED) is 0.316. The molecule has 1 rings (SSSR count). The maximum absolute atomic E-state index is 11.5. The van der Waals surface area contributed by atoms with Gasteiger partial charge in [-0.3, -0.25) is 14.9 Å². The summed E-state index contributed by atoms with van der Waals surface area (Å²) in [5, 5.41) is 10.9. The monoisotopic (exact) mass is 309 g/mol. The standard InChI is InChI=1S/C15H19NO6/c1-3-5-14(17)22-12-8-6-11(7-9-12)10-13(16(19)20)15(18)21-4-2/h6-9,13H,3-5,10H2,1-2H3. The van der Waals surface area contributed by atoms with Crippen LogP contribution in [-0.2, 0) is 20.7 Å². The lowest BCUT2D eigenvalue weighted by atomic mass is 10.1. The molecular formula is C15H19NO6. The van der Waals surface area contributed by atoms with Gasteiger partial charge >= 0.3 is 18.0 Å². The summed E-state index contributed by atoms with van der Waals surface area (Å²) in [5.41, 5.74) is 0.588. The summed E-state index contributed by atoms with van der Waals surface area (Å²) in [7, 11) is 0. The highest BCUT2D eigenvalue weighted by atomic mass is 16.6. The van der Waals surface area contributed by atoms with Gasteiger partial charge in [-0.05, 0) is 31.0 Å². The summed E-state index contributed by atoms with van der Waals surface area (Å²) in [6.07, 6.45) is 0.948. The predicted octanol–water partition coefficient (Wildman–Crippen LogP) is 2.14. The summed E-state index contributed by atoms with van der Waals surface area (Å²) in [6.45, 7) is 3.56. The van der Waals surface area contributed by atoms with E-state index in [1.54, 1.807) is 31.2 Å². The number of benzene rings is 1. The number of carbonyl (C=O) groups excluding carboxylic acids is 2. The van der Waals surface area contributed by atoms with Gasteiger partial charge in [0.25, 0.3) is 0 Å². The molecule has 0 aromatic heterocycles. The Hall–Kier alpha value is -2.44. The van der Waals surface area contributed by atoms with Crippen LogP contribution in [0.5, 0.6) is 5.75 Å². The predicted molar refractivity (Wildman–Crippen MR) is 78.1 cm³/mol. The molecule has 0 amide bonds. The minimum atomic E-state index is -1.44. The fourth-order valence-corrected chi connectivity index (χ4v) is 1.79. The first kappa shape index (κ1) is 17.6. The van der Waals surface area contributed by atoms with E-state index in [0.29, 0.717) is 24.2 Å². The highest BCUT2D eigenvalue weighted by Gasteiger charge is 2.31. The van der Waals surface area contributed by atoms with Crippen molar-refractivity contribution in [3.8, 4) is 5.75 Å². The number of ether oxygens (including phenoxy) is 2. The van der Waals surface area contributed by atoms with Crippen molar-refractivity contribution >= 4 is 11.9 Å². The van der Waals surface area contributed by atoms with Gasteiger partial charge < -0.3 is 9.47 Å². The van der Waals surface area contributed by atoms with Gasteiger partial charge in [0.2, 0.25) is 0 Å². The highest BCUT2D eigenvalue weighted by Crippen LogP contribution is 2.15. The fourth-order valence-electron chi connectivity index (χ4n) is 1.79. The number of carbonyl (C=O) groups is 2. The average Bonchev–Trinajstić information content (AvgIpc) is 2.46. The van der Waals surface area contributed by atoms with Gasteiger partial charge in [-0.25, -0.2) is 4.79 Å². The average molecular weight is 309 g/mol. The third-order valence-electron chi connectivity index (χ3n) is 2.85. The molecule has 22 heavy (non-hydrogen) atoms. The van der Waals surface area contributed by atoms with E-state index in [4.69, 9.17) is 9.47 Å². The van der Waals surface area contributed by atoms with E-state index in [1.165, 1.54) is 0 Å². The Labute approximate surface area is 128 Å². The molecule has 7 nitrogen and oxygen atoms in total. The van der Waals surface area contributed by atoms with Crippen LogP contribution in [0.1, 0.15) is 32.3 Å². The van der Waals surface area contributed by atoms with E-state index in [9.17, 15) is 19.7 Å². The normalized spacial score (nSPS) is 11.5. The van der Waals surface area contributed by atoms with Gasteiger partial charge in [-0.1, -0.05) is 19.1 Å². The molecule has 1 aromatic carbocycles. The Kier molecular flexibility index (Phi) is 7.01. The smallest absolute Gasteiger partial charge is 0.382 e. The van der Waals surface area contributed by atoms with E-state index in [2.05, 4.69) is 0 Å². The van der Waals surface area contributed by atoms with E-state index in [0.717, 1.165) is 0 Å². The number of hydrogen-bond acceptors (Lipinski definition) is 6. The summed E-state index contributed by atoms with van der Waals surface area (Å²) >= 11 is 0. The second-order valence-electron chi connectivity index (χ2n) is 4.63. The van der Waals surface area contributed by atoms with Crippen molar-refractivity contribution in [3.05, 3.63) is 39.9 Å². The number of nitrogens with zero attached hydrogens (tertiary/aromatic N) is 1. The van der Waals surface area contributed by atoms with Crippen molar-refractivity contribution in [2.45, 2.75) is 39.2 Å². The first-order valence-electron chi connectivity index (χ1n) is 7.07. The minimum Gasteiger partial charge on any atom is -0.461 e. The van der Waals surface area contributed by atoms with Crippen LogP contribution < -0.4 is 4.74 Å². The zero-order valence-electron chi connectivity index (χ0n) is 12.6. The van der Waals surface area contributed by atoms with Gasteiger partial charge in [0.05, 0.1) is 13.0 Å². The van der Waals surface area contributed by atoms with E-state index in [-0.39, 0.29) is 19.0 Å². The van der Waals surface area contributed by atoms with Crippen molar-refractivity contribution in [2.24, 2.45) is 0 Å². The molecule has 0 spiro atoms. The largest absolute Gasteiger partial charge is 0.461 e. The molecule has 0 N–H and O–H groups in total. The summed E-state index contributed by atoms with van der Waals surface area (Å²) in [6, 6.07) is 4.83. The van der Waals surface area contributed by atoms with Gasteiger partial charge in [0.1, 0.15) is 5.75 Å². The molecule has 0 aliphatic heterocycles. The molecule has 1 atom stereocenters. The van der Waals surface area contributed by atoms with Gasteiger partial charge in [0.15, 0.2) is 0 Å². The second-order valence-corrected chi connectivity index (χ2v) is 4.63. The first-order valence-corrected chi connectivity index (χ1v) is 7.07. The van der Waals surface area contributed by atoms with Crippen molar-refractivity contribution in [1.82, 2.24) is 0 Å². The van der Waals surface area contributed by atoms with Crippen LogP contribution in [0.2, 0.25) is 0 Å². The Morgan fingerprint density at radius 2 is 1.86 bits per heavy atom. The molecule has 0 bridgehead atoms. The first-order chi connectivity index (χ1) is 10.5. The molecular weight excluding hydrogens is 290 g/mol. The van der Waals surface area contributed by atoms with Crippen LogP contribution in [0.15, 0.2) is 24.3 Å². The van der Waals surface area contributed by atoms with Crippen molar-refractivity contribution < 1.29 is 24.0 Å². The summed E-state index contributed by atoms with van der Waals surface area (Å²) in [5.74, 6) is -0.813. The van der Waals surface area contributed by atoms with Crippen LogP contribution >= 0.6 is 0 Å². The molecule has 0 aliphatic carbocycles. The molecule has 0 saturated heterocycles. The molecule has 7 heteroatoms. The van der Waals surface area contributed by atoms with Gasteiger partial charge in [0, 0.05) is 11.3 Å². The Bertz CT molecular complexity index is 525. The topological polar surface area (TPSA) is 95.7 Å². The molecule has 1 unspecified atom stereocenters. The second kappa shape index (κ2) is 8.76. The van der Waals surface area contributed by atoms with Gasteiger partial charge in [-0.15, -0.1) is 0 Å². The van der Waals surface area contributed by atoms with E-state index in [1.807, 2.05) is 6.92 Å². The van der Waals surface area contributed by atoms with Crippen LogP contribution in [0.3, 0.4) is 0 Å². The lowest BCUT2D eigenvalue weighted by molar-refractivity contribution is -0.510. The van der Waals surface area contributed by atoms with E-state index >= 15 is 0 Å². The summed E-state index contributed by atoms with van der Waals surface area (Å²) in [4.78, 5) is 33.2. The van der Waals surface area contributed by atoms with E-state index < -0.39 is 16.9 Å². The minimum absolute atomic E-state index is 0.0744. The fraction of sp³-hybridized carbons (Fsp3) is 0.467. The number of esters is 2. The lowest BCUT2D eigenvalue weighted by Crippen LogP contribution is -2.33. The molecule has 1 aromatic rings. The van der Waals surface area contributed by atoms with Crippen molar-refractivity contribution in [1.29, 1.82) is 0 Å². The maximum atomic E-state index is 11.5. The van der Waals surface area contributed by atoms with Crippen LogP contribution in [0.25, 0.3) is 0 Å². The molecule has 120 valence electrons. The van der Waals surface area contributed by atoms with Crippen LogP contribution in [-0.4, -0.2) is 29.5 Å². The maximum Gasteiger partial charge on any atom is 0.382 e. The molecule has 0 aliphatic rings. The highest BCUT2D eigenvalue weighted by molar-refractivity contribution is 5.75. The number of nitro groups is 1.